The van der Waals surface area contributed by atoms with Gasteiger partial charge in [-0.3, -0.25) is 14.8 Å². The topological polar surface area (TPSA) is 125 Å². The molecule has 0 saturated heterocycles. The van der Waals surface area contributed by atoms with Gasteiger partial charge in [0.2, 0.25) is 15.9 Å². The molecule has 1 atom stereocenters. The molecular weight excluding hydrogens is 454 g/mol. The van der Waals surface area contributed by atoms with Crippen molar-refractivity contribution >= 4 is 27.5 Å². The molecule has 0 spiro atoms. The van der Waals surface area contributed by atoms with Crippen molar-refractivity contribution in [3.8, 4) is 0 Å². The van der Waals surface area contributed by atoms with Crippen LogP contribution in [0.25, 0.3) is 0 Å². The lowest BCUT2D eigenvalue weighted by atomic mass is 9.87. The molecule has 0 bridgehead atoms. The van der Waals surface area contributed by atoms with Gasteiger partial charge < -0.3 is 5.32 Å². The van der Waals surface area contributed by atoms with Gasteiger partial charge in [0, 0.05) is 11.3 Å². The SMILES string of the molecule is CC(C)(C)c1ccc(S(=O)(=O)N[C@H](C(=O)Nc2ccc(C(=O)NO)cc2)c2ccccc2)cc1. The van der Waals surface area contributed by atoms with Crippen molar-refractivity contribution in [2.24, 2.45) is 0 Å². The van der Waals surface area contributed by atoms with Crippen LogP contribution in [0.4, 0.5) is 5.69 Å². The second-order valence-corrected chi connectivity index (χ2v) is 10.5. The van der Waals surface area contributed by atoms with Gasteiger partial charge in [-0.05, 0) is 52.9 Å². The number of carbonyl (C=O) groups is 2. The van der Waals surface area contributed by atoms with E-state index < -0.39 is 27.9 Å². The lowest BCUT2D eigenvalue weighted by Gasteiger charge is -2.21. The molecule has 0 aliphatic heterocycles. The molecule has 3 rings (SSSR count). The Labute approximate surface area is 199 Å². The van der Waals surface area contributed by atoms with E-state index in [-0.39, 0.29) is 15.9 Å². The molecule has 0 radical (unpaired) electrons. The standard InChI is InChI=1S/C25H27N3O5S/c1-25(2,3)19-11-15-21(16-12-19)34(32,33)28-22(17-7-5-4-6-8-17)24(30)26-20-13-9-18(10-14-20)23(29)27-31/h4-16,22,28,31H,1-3H3,(H,26,30)(H,27,29)/t22-/m0/s1. The highest BCUT2D eigenvalue weighted by atomic mass is 32.2. The maximum atomic E-state index is 13.1. The molecule has 0 aliphatic rings. The van der Waals surface area contributed by atoms with Gasteiger partial charge in [0.15, 0.2) is 0 Å². The Morgan fingerprint density at radius 2 is 1.44 bits per heavy atom. The third kappa shape index (κ3) is 6.07. The van der Waals surface area contributed by atoms with Crippen molar-refractivity contribution in [1.29, 1.82) is 0 Å². The van der Waals surface area contributed by atoms with Gasteiger partial charge in [-0.2, -0.15) is 4.72 Å². The van der Waals surface area contributed by atoms with E-state index in [1.165, 1.54) is 41.9 Å². The fourth-order valence-corrected chi connectivity index (χ4v) is 4.44. The zero-order chi connectivity index (χ0) is 24.9. The van der Waals surface area contributed by atoms with Gasteiger partial charge in [0.25, 0.3) is 5.91 Å². The van der Waals surface area contributed by atoms with E-state index in [1.807, 2.05) is 20.8 Å². The van der Waals surface area contributed by atoms with Crippen LogP contribution in [0.3, 0.4) is 0 Å². The highest BCUT2D eigenvalue weighted by Gasteiger charge is 2.28. The minimum Gasteiger partial charge on any atom is -0.324 e. The summed E-state index contributed by atoms with van der Waals surface area (Å²) < 4.78 is 28.8. The number of sulfonamides is 1. The minimum absolute atomic E-state index is 0.0496. The fraction of sp³-hybridized carbons (Fsp3) is 0.200. The van der Waals surface area contributed by atoms with Gasteiger partial charge in [0.1, 0.15) is 6.04 Å². The highest BCUT2D eigenvalue weighted by molar-refractivity contribution is 7.89. The number of hydrogen-bond acceptors (Lipinski definition) is 5. The number of hydrogen-bond donors (Lipinski definition) is 4. The Morgan fingerprint density at radius 3 is 1.97 bits per heavy atom. The summed E-state index contributed by atoms with van der Waals surface area (Å²) in [6.07, 6.45) is 0. The molecule has 4 N–H and O–H groups in total. The van der Waals surface area contributed by atoms with Gasteiger partial charge in [-0.25, -0.2) is 13.9 Å². The molecule has 3 aromatic rings. The number of anilines is 1. The molecule has 0 unspecified atom stereocenters. The van der Waals surface area contributed by atoms with Crippen LogP contribution in [0.5, 0.6) is 0 Å². The first-order valence-corrected chi connectivity index (χ1v) is 12.0. The van der Waals surface area contributed by atoms with Crippen molar-refractivity contribution in [3.63, 3.8) is 0 Å². The first-order valence-electron chi connectivity index (χ1n) is 10.5. The number of nitrogens with one attached hydrogen (secondary N) is 3. The average Bonchev–Trinajstić information content (AvgIpc) is 2.82. The van der Waals surface area contributed by atoms with Crippen LogP contribution in [0.2, 0.25) is 0 Å². The normalized spacial score (nSPS) is 12.6. The van der Waals surface area contributed by atoms with E-state index in [4.69, 9.17) is 5.21 Å². The van der Waals surface area contributed by atoms with E-state index in [1.54, 1.807) is 42.5 Å². The van der Waals surface area contributed by atoms with Crippen molar-refractivity contribution in [2.45, 2.75) is 37.1 Å². The zero-order valence-electron chi connectivity index (χ0n) is 19.1. The third-order valence-electron chi connectivity index (χ3n) is 5.21. The molecule has 9 heteroatoms. The summed E-state index contributed by atoms with van der Waals surface area (Å²) in [5.74, 6) is -1.29. The van der Waals surface area contributed by atoms with Crippen molar-refractivity contribution in [2.75, 3.05) is 5.32 Å². The highest BCUT2D eigenvalue weighted by Crippen LogP contribution is 2.25. The molecular formula is C25H27N3O5S. The summed E-state index contributed by atoms with van der Waals surface area (Å²) in [7, 11) is -4.02. The maximum absolute atomic E-state index is 13.1. The Bertz CT molecular complexity index is 1250. The summed E-state index contributed by atoms with van der Waals surface area (Å²) in [4.78, 5) is 24.7. The van der Waals surface area contributed by atoms with Gasteiger partial charge >= 0.3 is 0 Å². The van der Waals surface area contributed by atoms with Gasteiger partial charge in [-0.1, -0.05) is 63.2 Å². The molecule has 34 heavy (non-hydrogen) atoms. The molecule has 0 fully saturated rings. The lowest BCUT2D eigenvalue weighted by Crippen LogP contribution is -2.37. The number of benzene rings is 3. The van der Waals surface area contributed by atoms with Crippen LogP contribution >= 0.6 is 0 Å². The van der Waals surface area contributed by atoms with E-state index in [0.717, 1.165) is 5.56 Å². The van der Waals surface area contributed by atoms with E-state index in [9.17, 15) is 18.0 Å². The van der Waals surface area contributed by atoms with Crippen LogP contribution in [-0.2, 0) is 20.2 Å². The summed E-state index contributed by atoms with van der Waals surface area (Å²) in [5.41, 5.74) is 3.40. The molecule has 178 valence electrons. The molecule has 0 heterocycles. The smallest absolute Gasteiger partial charge is 0.274 e. The quantitative estimate of drug-likeness (QED) is 0.302. The van der Waals surface area contributed by atoms with Crippen LogP contribution in [0.1, 0.15) is 48.3 Å². The number of hydroxylamine groups is 1. The monoisotopic (exact) mass is 481 g/mol. The van der Waals surface area contributed by atoms with Crippen LogP contribution in [0.15, 0.2) is 83.8 Å². The fourth-order valence-electron chi connectivity index (χ4n) is 3.26. The van der Waals surface area contributed by atoms with Crippen LogP contribution in [-0.4, -0.2) is 25.4 Å². The van der Waals surface area contributed by atoms with Crippen molar-refractivity contribution in [1.82, 2.24) is 10.2 Å². The lowest BCUT2D eigenvalue weighted by molar-refractivity contribution is -0.117. The Kier molecular flexibility index (Phi) is 7.51. The largest absolute Gasteiger partial charge is 0.324 e. The van der Waals surface area contributed by atoms with Crippen molar-refractivity contribution < 1.29 is 23.2 Å². The van der Waals surface area contributed by atoms with Gasteiger partial charge in [-0.15, -0.1) is 0 Å². The molecule has 2 amide bonds. The molecule has 8 nitrogen and oxygen atoms in total. The average molecular weight is 482 g/mol. The predicted octanol–water partition coefficient (Wildman–Crippen LogP) is 3.76. The van der Waals surface area contributed by atoms with Gasteiger partial charge in [0.05, 0.1) is 4.90 Å². The summed E-state index contributed by atoms with van der Waals surface area (Å²) in [5, 5.41) is 11.4. The number of amides is 2. The number of rotatable bonds is 7. The van der Waals surface area contributed by atoms with E-state index >= 15 is 0 Å². The van der Waals surface area contributed by atoms with Crippen molar-refractivity contribution in [3.05, 3.63) is 95.6 Å². The zero-order valence-corrected chi connectivity index (χ0v) is 19.9. The first-order chi connectivity index (χ1) is 16.0. The summed E-state index contributed by atoms with van der Waals surface area (Å²) in [6.45, 7) is 6.11. The Hall–Kier alpha value is -3.53. The maximum Gasteiger partial charge on any atom is 0.274 e. The minimum atomic E-state index is -4.02. The Morgan fingerprint density at radius 1 is 0.853 bits per heavy atom. The van der Waals surface area contributed by atoms with Crippen LogP contribution in [0, 0.1) is 0 Å². The van der Waals surface area contributed by atoms with Crippen LogP contribution < -0.4 is 15.5 Å². The second-order valence-electron chi connectivity index (χ2n) is 8.75. The predicted molar refractivity (Wildman–Crippen MR) is 129 cm³/mol. The molecule has 0 aromatic heterocycles. The second kappa shape index (κ2) is 10.2. The first kappa shape index (κ1) is 25.1. The molecule has 3 aromatic carbocycles. The van der Waals surface area contributed by atoms with E-state index in [2.05, 4.69) is 10.0 Å². The van der Waals surface area contributed by atoms with E-state index in [0.29, 0.717) is 11.3 Å². The third-order valence-corrected chi connectivity index (χ3v) is 6.65. The Balaban J connectivity index is 1.86. The molecule has 0 saturated carbocycles. The number of carbonyl (C=O) groups excluding carboxylic acids is 2. The molecule has 0 aliphatic carbocycles. The summed E-state index contributed by atoms with van der Waals surface area (Å²) in [6, 6.07) is 19.7. The summed E-state index contributed by atoms with van der Waals surface area (Å²) >= 11 is 0.